The van der Waals surface area contributed by atoms with Crippen LogP contribution in [0, 0.1) is 5.92 Å². The van der Waals surface area contributed by atoms with Crippen molar-refractivity contribution >= 4 is 5.97 Å². The Bertz CT molecular complexity index is 181. The van der Waals surface area contributed by atoms with Gasteiger partial charge in [0, 0.05) is 5.54 Å². The molecule has 0 bridgehead atoms. The second-order valence-corrected chi connectivity index (χ2v) is 3.65. The fraction of sp³-hybridized carbons (Fsp3) is 0.889. The molecular weight excluding hydrogens is 154 g/mol. The number of esters is 1. The van der Waals surface area contributed by atoms with Gasteiger partial charge in [-0.05, 0) is 25.7 Å². The van der Waals surface area contributed by atoms with Crippen molar-refractivity contribution in [1.29, 1.82) is 0 Å². The Morgan fingerprint density at radius 1 is 1.75 bits per heavy atom. The third-order valence-corrected chi connectivity index (χ3v) is 2.80. The van der Waals surface area contributed by atoms with Crippen molar-refractivity contribution in [3.63, 3.8) is 0 Å². The van der Waals surface area contributed by atoms with Crippen molar-refractivity contribution in [3.8, 4) is 0 Å². The third kappa shape index (κ3) is 1.78. The van der Waals surface area contributed by atoms with Crippen LogP contribution in [0.1, 0.15) is 33.1 Å². The standard InChI is InChI=1S/C9H17NO2/c1-3-12-8(11)6-9(10)5-4-7(9)2/h7H,3-6,10H2,1-2H3. The lowest BCUT2D eigenvalue weighted by Crippen LogP contribution is -2.55. The summed E-state index contributed by atoms with van der Waals surface area (Å²) in [6, 6.07) is 0. The van der Waals surface area contributed by atoms with Crippen molar-refractivity contribution in [2.24, 2.45) is 11.7 Å². The molecule has 0 saturated heterocycles. The van der Waals surface area contributed by atoms with Crippen molar-refractivity contribution in [1.82, 2.24) is 0 Å². The van der Waals surface area contributed by atoms with Crippen molar-refractivity contribution in [2.75, 3.05) is 6.61 Å². The zero-order valence-corrected chi connectivity index (χ0v) is 7.80. The van der Waals surface area contributed by atoms with Gasteiger partial charge in [0.15, 0.2) is 0 Å². The fourth-order valence-corrected chi connectivity index (χ4v) is 1.55. The number of carbonyl (C=O) groups is 1. The molecule has 2 N–H and O–H groups in total. The zero-order valence-electron chi connectivity index (χ0n) is 7.80. The summed E-state index contributed by atoms with van der Waals surface area (Å²) in [4.78, 5) is 11.1. The summed E-state index contributed by atoms with van der Waals surface area (Å²) in [6.07, 6.45) is 2.46. The number of ether oxygens (including phenoxy) is 1. The maximum absolute atomic E-state index is 11.1. The Balaban J connectivity index is 2.34. The molecule has 1 aliphatic rings. The van der Waals surface area contributed by atoms with Crippen LogP contribution < -0.4 is 5.73 Å². The lowest BCUT2D eigenvalue weighted by molar-refractivity contribution is -0.146. The van der Waals surface area contributed by atoms with E-state index in [-0.39, 0.29) is 11.5 Å². The number of nitrogens with two attached hydrogens (primary N) is 1. The average molecular weight is 171 g/mol. The van der Waals surface area contributed by atoms with Crippen LogP contribution in [0.25, 0.3) is 0 Å². The van der Waals surface area contributed by atoms with E-state index in [0.717, 1.165) is 12.8 Å². The number of carbonyl (C=O) groups excluding carboxylic acids is 1. The molecule has 1 aliphatic carbocycles. The molecule has 0 spiro atoms. The Morgan fingerprint density at radius 3 is 2.75 bits per heavy atom. The number of hydrogen-bond acceptors (Lipinski definition) is 3. The molecule has 12 heavy (non-hydrogen) atoms. The van der Waals surface area contributed by atoms with E-state index in [2.05, 4.69) is 6.92 Å². The first-order chi connectivity index (χ1) is 5.58. The summed E-state index contributed by atoms with van der Waals surface area (Å²) in [5.74, 6) is 0.299. The van der Waals surface area contributed by atoms with Gasteiger partial charge in [-0.15, -0.1) is 0 Å². The van der Waals surface area contributed by atoms with E-state index in [1.807, 2.05) is 6.92 Å². The Hall–Kier alpha value is -0.570. The van der Waals surface area contributed by atoms with Crippen LogP contribution in [0.5, 0.6) is 0 Å². The minimum atomic E-state index is -0.272. The van der Waals surface area contributed by atoms with Gasteiger partial charge in [-0.2, -0.15) is 0 Å². The highest BCUT2D eigenvalue weighted by Gasteiger charge is 2.42. The molecule has 0 aliphatic heterocycles. The van der Waals surface area contributed by atoms with Crippen molar-refractivity contribution in [3.05, 3.63) is 0 Å². The van der Waals surface area contributed by atoms with E-state index in [1.165, 1.54) is 0 Å². The molecule has 0 heterocycles. The molecule has 0 radical (unpaired) electrons. The minimum absolute atomic E-state index is 0.161. The zero-order chi connectivity index (χ0) is 9.19. The molecule has 0 aromatic carbocycles. The van der Waals surface area contributed by atoms with Gasteiger partial charge in [-0.3, -0.25) is 4.79 Å². The molecule has 1 rings (SSSR count). The normalized spacial score (nSPS) is 34.1. The number of rotatable bonds is 3. The van der Waals surface area contributed by atoms with Gasteiger partial charge >= 0.3 is 5.97 Å². The number of hydrogen-bond donors (Lipinski definition) is 1. The monoisotopic (exact) mass is 171 g/mol. The minimum Gasteiger partial charge on any atom is -0.466 e. The summed E-state index contributed by atoms with van der Waals surface area (Å²) >= 11 is 0. The van der Waals surface area contributed by atoms with Gasteiger partial charge in [-0.1, -0.05) is 6.92 Å². The van der Waals surface area contributed by atoms with Gasteiger partial charge in [0.25, 0.3) is 0 Å². The summed E-state index contributed by atoms with van der Waals surface area (Å²) < 4.78 is 4.84. The van der Waals surface area contributed by atoms with E-state index in [1.54, 1.807) is 0 Å². The molecule has 2 atom stereocenters. The van der Waals surface area contributed by atoms with Crippen LogP contribution in [0.2, 0.25) is 0 Å². The predicted molar refractivity (Wildman–Crippen MR) is 46.6 cm³/mol. The van der Waals surface area contributed by atoms with Crippen LogP contribution in [0.15, 0.2) is 0 Å². The van der Waals surface area contributed by atoms with Crippen LogP contribution >= 0.6 is 0 Å². The molecule has 3 nitrogen and oxygen atoms in total. The molecule has 0 amide bonds. The van der Waals surface area contributed by atoms with Gasteiger partial charge in [0.05, 0.1) is 13.0 Å². The molecule has 1 fully saturated rings. The second-order valence-electron chi connectivity index (χ2n) is 3.65. The summed E-state index contributed by atoms with van der Waals surface area (Å²) in [6.45, 7) is 4.34. The Kier molecular flexibility index (Phi) is 2.73. The predicted octanol–water partition coefficient (Wildman–Crippen LogP) is 1.07. The molecular formula is C9H17NO2. The van der Waals surface area contributed by atoms with E-state index in [9.17, 15) is 4.79 Å². The van der Waals surface area contributed by atoms with Crippen LogP contribution in [-0.4, -0.2) is 18.1 Å². The van der Waals surface area contributed by atoms with Gasteiger partial charge in [0.2, 0.25) is 0 Å². The highest BCUT2D eigenvalue weighted by atomic mass is 16.5. The molecule has 0 aromatic heterocycles. The third-order valence-electron chi connectivity index (χ3n) is 2.80. The molecule has 2 unspecified atom stereocenters. The van der Waals surface area contributed by atoms with Gasteiger partial charge in [-0.25, -0.2) is 0 Å². The molecule has 70 valence electrons. The Morgan fingerprint density at radius 2 is 2.42 bits per heavy atom. The fourth-order valence-electron chi connectivity index (χ4n) is 1.55. The highest BCUT2D eigenvalue weighted by Crippen LogP contribution is 2.38. The first kappa shape index (κ1) is 9.52. The quantitative estimate of drug-likeness (QED) is 0.646. The lowest BCUT2D eigenvalue weighted by Gasteiger charge is -2.44. The molecule has 1 saturated carbocycles. The largest absolute Gasteiger partial charge is 0.466 e. The lowest BCUT2D eigenvalue weighted by atomic mass is 9.66. The maximum Gasteiger partial charge on any atom is 0.307 e. The van der Waals surface area contributed by atoms with E-state index in [4.69, 9.17) is 10.5 Å². The first-order valence-corrected chi connectivity index (χ1v) is 4.53. The van der Waals surface area contributed by atoms with Crippen LogP contribution in [-0.2, 0) is 9.53 Å². The van der Waals surface area contributed by atoms with Crippen molar-refractivity contribution in [2.45, 2.75) is 38.6 Å². The summed E-state index contributed by atoms with van der Waals surface area (Å²) in [7, 11) is 0. The Labute approximate surface area is 73.3 Å². The first-order valence-electron chi connectivity index (χ1n) is 4.53. The summed E-state index contributed by atoms with van der Waals surface area (Å²) in [5.41, 5.74) is 5.71. The topological polar surface area (TPSA) is 52.3 Å². The molecule has 3 heteroatoms. The smallest absolute Gasteiger partial charge is 0.307 e. The highest BCUT2D eigenvalue weighted by molar-refractivity contribution is 5.71. The van der Waals surface area contributed by atoms with E-state index in [0.29, 0.717) is 18.9 Å². The van der Waals surface area contributed by atoms with Crippen molar-refractivity contribution < 1.29 is 9.53 Å². The molecule has 0 aromatic rings. The second kappa shape index (κ2) is 3.44. The van der Waals surface area contributed by atoms with E-state index < -0.39 is 0 Å². The van der Waals surface area contributed by atoms with E-state index >= 15 is 0 Å². The van der Waals surface area contributed by atoms with Crippen LogP contribution in [0.3, 0.4) is 0 Å². The van der Waals surface area contributed by atoms with Gasteiger partial charge < -0.3 is 10.5 Å². The summed E-state index contributed by atoms with van der Waals surface area (Å²) in [5, 5.41) is 0. The maximum atomic E-state index is 11.1. The van der Waals surface area contributed by atoms with Crippen LogP contribution in [0.4, 0.5) is 0 Å². The average Bonchev–Trinajstić information content (AvgIpc) is 2.02. The van der Waals surface area contributed by atoms with Gasteiger partial charge in [0.1, 0.15) is 0 Å². The SMILES string of the molecule is CCOC(=O)CC1(N)CCC1C.